The SMILES string of the molecule is CC1(CN)CCN(C(=O)CCc2cccc(OC3CCCC3)c2)C1. The normalized spacial score (nSPS) is 24.5. The van der Waals surface area contributed by atoms with E-state index in [1.807, 2.05) is 17.0 Å². The van der Waals surface area contributed by atoms with Crippen LogP contribution < -0.4 is 10.5 Å². The molecular formula is C20H30N2O2. The van der Waals surface area contributed by atoms with Gasteiger partial charge in [-0.15, -0.1) is 0 Å². The summed E-state index contributed by atoms with van der Waals surface area (Å²) in [7, 11) is 0. The molecule has 1 aromatic rings. The number of hydrogen-bond acceptors (Lipinski definition) is 3. The molecule has 1 aliphatic carbocycles. The maximum Gasteiger partial charge on any atom is 0.222 e. The summed E-state index contributed by atoms with van der Waals surface area (Å²) in [4.78, 5) is 14.4. The summed E-state index contributed by atoms with van der Waals surface area (Å²) in [6.07, 6.45) is 7.60. The van der Waals surface area contributed by atoms with E-state index in [4.69, 9.17) is 10.5 Å². The second-order valence-corrected chi connectivity index (χ2v) is 7.75. The highest BCUT2D eigenvalue weighted by Gasteiger charge is 2.34. The Morgan fingerprint density at radius 2 is 2.17 bits per heavy atom. The van der Waals surface area contributed by atoms with Crippen LogP contribution in [0.5, 0.6) is 5.75 Å². The summed E-state index contributed by atoms with van der Waals surface area (Å²) in [6.45, 7) is 4.46. The van der Waals surface area contributed by atoms with Gasteiger partial charge in [-0.25, -0.2) is 0 Å². The first-order chi connectivity index (χ1) is 11.6. The highest BCUT2D eigenvalue weighted by atomic mass is 16.5. The van der Waals surface area contributed by atoms with Crippen molar-refractivity contribution in [2.24, 2.45) is 11.1 Å². The van der Waals surface area contributed by atoms with E-state index >= 15 is 0 Å². The van der Waals surface area contributed by atoms with Gasteiger partial charge in [-0.1, -0.05) is 19.1 Å². The number of carbonyl (C=O) groups excluding carboxylic acids is 1. The third-order valence-corrected chi connectivity index (χ3v) is 5.53. The molecular weight excluding hydrogens is 300 g/mol. The Labute approximate surface area is 145 Å². The molecule has 0 aromatic heterocycles. The Kier molecular flexibility index (Phi) is 5.44. The number of nitrogens with two attached hydrogens (primary N) is 1. The van der Waals surface area contributed by atoms with Gasteiger partial charge >= 0.3 is 0 Å². The van der Waals surface area contributed by atoms with Crippen molar-refractivity contribution in [1.29, 1.82) is 0 Å². The van der Waals surface area contributed by atoms with Crippen molar-refractivity contribution < 1.29 is 9.53 Å². The van der Waals surface area contributed by atoms with Gasteiger partial charge in [0.15, 0.2) is 0 Å². The summed E-state index contributed by atoms with van der Waals surface area (Å²) in [5.41, 5.74) is 7.11. The predicted octanol–water partition coefficient (Wildman–Crippen LogP) is 3.14. The monoisotopic (exact) mass is 330 g/mol. The second-order valence-electron chi connectivity index (χ2n) is 7.75. The van der Waals surface area contributed by atoms with Crippen molar-refractivity contribution in [3.8, 4) is 5.75 Å². The van der Waals surface area contributed by atoms with Gasteiger partial charge < -0.3 is 15.4 Å². The maximum absolute atomic E-state index is 12.4. The van der Waals surface area contributed by atoms with Crippen LogP contribution in [0.3, 0.4) is 0 Å². The summed E-state index contributed by atoms with van der Waals surface area (Å²) in [5, 5.41) is 0. The Bertz CT molecular complexity index is 569. The minimum Gasteiger partial charge on any atom is -0.490 e. The first kappa shape index (κ1) is 17.3. The van der Waals surface area contributed by atoms with Crippen LogP contribution in [0.25, 0.3) is 0 Å². The second kappa shape index (κ2) is 7.56. The van der Waals surface area contributed by atoms with Gasteiger partial charge in [-0.2, -0.15) is 0 Å². The number of ether oxygens (including phenoxy) is 1. The molecule has 0 spiro atoms. The van der Waals surface area contributed by atoms with E-state index in [0.29, 0.717) is 19.1 Å². The van der Waals surface area contributed by atoms with Crippen LogP contribution in [0.1, 0.15) is 51.0 Å². The lowest BCUT2D eigenvalue weighted by molar-refractivity contribution is -0.130. The lowest BCUT2D eigenvalue weighted by Crippen LogP contribution is -2.34. The number of likely N-dealkylation sites (tertiary alicyclic amines) is 1. The minimum atomic E-state index is 0.102. The van der Waals surface area contributed by atoms with E-state index in [2.05, 4.69) is 19.1 Å². The zero-order valence-electron chi connectivity index (χ0n) is 14.8. The summed E-state index contributed by atoms with van der Waals surface area (Å²) in [6, 6.07) is 8.24. The van der Waals surface area contributed by atoms with E-state index in [9.17, 15) is 4.79 Å². The zero-order valence-corrected chi connectivity index (χ0v) is 14.8. The van der Waals surface area contributed by atoms with Crippen LogP contribution in [-0.2, 0) is 11.2 Å². The van der Waals surface area contributed by atoms with Gasteiger partial charge in [0, 0.05) is 19.5 Å². The molecule has 1 amide bonds. The van der Waals surface area contributed by atoms with Crippen LogP contribution in [0.15, 0.2) is 24.3 Å². The smallest absolute Gasteiger partial charge is 0.222 e. The molecule has 4 nitrogen and oxygen atoms in total. The predicted molar refractivity (Wildman–Crippen MR) is 96.0 cm³/mol. The number of amides is 1. The quantitative estimate of drug-likeness (QED) is 0.872. The van der Waals surface area contributed by atoms with Gasteiger partial charge in [0.2, 0.25) is 5.91 Å². The van der Waals surface area contributed by atoms with Gasteiger partial charge in [0.05, 0.1) is 6.10 Å². The Hall–Kier alpha value is -1.55. The third kappa shape index (κ3) is 4.29. The van der Waals surface area contributed by atoms with Crippen LogP contribution in [0.4, 0.5) is 0 Å². The number of nitrogens with zero attached hydrogens (tertiary/aromatic N) is 1. The highest BCUT2D eigenvalue weighted by Crippen LogP contribution is 2.29. The van der Waals surface area contributed by atoms with E-state index in [1.165, 1.54) is 18.4 Å². The van der Waals surface area contributed by atoms with Crippen molar-refractivity contribution in [3.63, 3.8) is 0 Å². The molecule has 1 unspecified atom stereocenters. The average Bonchev–Trinajstić information content (AvgIpc) is 3.23. The van der Waals surface area contributed by atoms with E-state index in [-0.39, 0.29) is 11.3 Å². The molecule has 1 saturated carbocycles. The minimum absolute atomic E-state index is 0.102. The molecule has 132 valence electrons. The van der Waals surface area contributed by atoms with Crippen molar-refractivity contribution in [2.75, 3.05) is 19.6 Å². The van der Waals surface area contributed by atoms with Crippen molar-refractivity contribution in [1.82, 2.24) is 4.90 Å². The van der Waals surface area contributed by atoms with Crippen LogP contribution in [-0.4, -0.2) is 36.5 Å². The first-order valence-corrected chi connectivity index (χ1v) is 9.31. The molecule has 0 radical (unpaired) electrons. The molecule has 1 saturated heterocycles. The largest absolute Gasteiger partial charge is 0.490 e. The molecule has 2 N–H and O–H groups in total. The topological polar surface area (TPSA) is 55.6 Å². The van der Waals surface area contributed by atoms with Gasteiger partial charge in [-0.05, 0) is 68.2 Å². The summed E-state index contributed by atoms with van der Waals surface area (Å²) < 4.78 is 6.06. The molecule has 2 aliphatic rings. The van der Waals surface area contributed by atoms with E-state index in [0.717, 1.165) is 44.5 Å². The molecule has 1 aliphatic heterocycles. The number of hydrogen-bond donors (Lipinski definition) is 1. The summed E-state index contributed by atoms with van der Waals surface area (Å²) in [5.74, 6) is 1.19. The number of aryl methyl sites for hydroxylation is 1. The molecule has 24 heavy (non-hydrogen) atoms. The van der Waals surface area contributed by atoms with E-state index in [1.54, 1.807) is 0 Å². The zero-order chi connectivity index (χ0) is 17.0. The van der Waals surface area contributed by atoms with E-state index < -0.39 is 0 Å². The molecule has 1 aromatic carbocycles. The standard InChI is InChI=1S/C20H30N2O2/c1-20(14-21)11-12-22(15-20)19(23)10-9-16-5-4-8-18(13-16)24-17-6-2-3-7-17/h4-5,8,13,17H,2-3,6-7,9-12,14-15,21H2,1H3. The van der Waals surface area contributed by atoms with Gasteiger partial charge in [0.25, 0.3) is 0 Å². The van der Waals surface area contributed by atoms with Crippen molar-refractivity contribution in [3.05, 3.63) is 29.8 Å². The van der Waals surface area contributed by atoms with Crippen LogP contribution >= 0.6 is 0 Å². The Balaban J connectivity index is 1.50. The molecule has 0 bridgehead atoms. The van der Waals surface area contributed by atoms with Crippen LogP contribution in [0.2, 0.25) is 0 Å². The lowest BCUT2D eigenvalue weighted by atomic mass is 9.90. The third-order valence-electron chi connectivity index (χ3n) is 5.53. The van der Waals surface area contributed by atoms with Crippen molar-refractivity contribution >= 4 is 5.91 Å². The van der Waals surface area contributed by atoms with Gasteiger partial charge in [0.1, 0.15) is 5.75 Å². The number of rotatable bonds is 6. The molecule has 3 rings (SSSR count). The average molecular weight is 330 g/mol. The van der Waals surface area contributed by atoms with Crippen LogP contribution in [0, 0.1) is 5.41 Å². The fourth-order valence-corrected chi connectivity index (χ4v) is 3.79. The summed E-state index contributed by atoms with van der Waals surface area (Å²) >= 11 is 0. The maximum atomic E-state index is 12.4. The Morgan fingerprint density at radius 1 is 1.38 bits per heavy atom. The number of carbonyl (C=O) groups is 1. The molecule has 4 heteroatoms. The Morgan fingerprint density at radius 3 is 2.88 bits per heavy atom. The molecule has 2 fully saturated rings. The lowest BCUT2D eigenvalue weighted by Gasteiger charge is -2.22. The molecule has 1 heterocycles. The van der Waals surface area contributed by atoms with Gasteiger partial charge in [-0.3, -0.25) is 4.79 Å². The first-order valence-electron chi connectivity index (χ1n) is 9.31. The fourth-order valence-electron chi connectivity index (χ4n) is 3.79. The number of benzene rings is 1. The fraction of sp³-hybridized carbons (Fsp3) is 0.650. The van der Waals surface area contributed by atoms with Crippen molar-refractivity contribution in [2.45, 2.75) is 58.0 Å². The molecule has 1 atom stereocenters. The highest BCUT2D eigenvalue weighted by molar-refractivity contribution is 5.76.